The number of carbonyl (C=O) groups is 1. The maximum Gasteiger partial charge on any atom is 0.233 e. The van der Waals surface area contributed by atoms with Crippen LogP contribution in [0.15, 0.2) is 29.4 Å². The molecule has 1 aromatic carbocycles. The van der Waals surface area contributed by atoms with Crippen molar-refractivity contribution in [3.63, 3.8) is 0 Å². The van der Waals surface area contributed by atoms with Crippen LogP contribution < -0.4 is 4.74 Å². The van der Waals surface area contributed by atoms with E-state index in [1.807, 2.05) is 24.3 Å². The largest absolute Gasteiger partial charge is 0.497 e. The van der Waals surface area contributed by atoms with Crippen LogP contribution in [0.1, 0.15) is 44.1 Å². The minimum absolute atomic E-state index is 0.223. The Labute approximate surface area is 169 Å². The smallest absolute Gasteiger partial charge is 0.233 e. The summed E-state index contributed by atoms with van der Waals surface area (Å²) in [4.78, 5) is 15.0. The van der Waals surface area contributed by atoms with Crippen molar-refractivity contribution < 1.29 is 9.53 Å². The van der Waals surface area contributed by atoms with Crippen molar-refractivity contribution in [2.45, 2.75) is 56.3 Å². The third kappa shape index (κ3) is 4.32. The van der Waals surface area contributed by atoms with E-state index >= 15 is 0 Å². The van der Waals surface area contributed by atoms with Gasteiger partial charge in [-0.3, -0.25) is 4.79 Å². The molecule has 2 aliphatic rings. The Morgan fingerprint density at radius 2 is 1.96 bits per heavy atom. The molecule has 150 valence electrons. The number of hydrogen-bond acceptors (Lipinski definition) is 6. The van der Waals surface area contributed by atoms with E-state index in [0.717, 1.165) is 30.7 Å². The monoisotopic (exact) mass is 401 g/mol. The summed E-state index contributed by atoms with van der Waals surface area (Å²) in [6, 6.07) is 8.29. The Balaban J connectivity index is 1.36. The summed E-state index contributed by atoms with van der Waals surface area (Å²) in [6.07, 6.45) is 7.42. The zero-order valence-electron chi connectivity index (χ0n) is 16.3. The number of rotatable bonds is 6. The second-order valence-electron chi connectivity index (χ2n) is 7.60. The van der Waals surface area contributed by atoms with Crippen LogP contribution in [0.2, 0.25) is 0 Å². The van der Waals surface area contributed by atoms with Gasteiger partial charge in [0.2, 0.25) is 11.1 Å². The molecule has 0 spiro atoms. The van der Waals surface area contributed by atoms with Gasteiger partial charge in [-0.1, -0.05) is 36.7 Å². The number of piperidine rings is 1. The van der Waals surface area contributed by atoms with Crippen LogP contribution in [0, 0.1) is 5.92 Å². The summed E-state index contributed by atoms with van der Waals surface area (Å²) >= 11 is 1.43. The van der Waals surface area contributed by atoms with Gasteiger partial charge in [0.05, 0.1) is 19.4 Å². The number of thioether (sulfide) groups is 1. The molecule has 7 nitrogen and oxygen atoms in total. The molecule has 1 amide bonds. The zero-order valence-corrected chi connectivity index (χ0v) is 17.1. The number of nitrogens with zero attached hydrogens (tertiary/aromatic N) is 5. The van der Waals surface area contributed by atoms with Gasteiger partial charge in [0.25, 0.3) is 0 Å². The molecule has 2 heterocycles. The molecule has 0 radical (unpaired) electrons. The van der Waals surface area contributed by atoms with Gasteiger partial charge in [-0.05, 0) is 59.7 Å². The topological polar surface area (TPSA) is 73.1 Å². The lowest BCUT2D eigenvalue weighted by Gasteiger charge is -2.44. The first-order valence-corrected chi connectivity index (χ1v) is 11.0. The lowest BCUT2D eigenvalue weighted by Crippen LogP contribution is -2.50. The van der Waals surface area contributed by atoms with Gasteiger partial charge in [-0.25, -0.2) is 4.68 Å². The Bertz CT molecular complexity index is 792. The number of methoxy groups -OCH3 is 1. The Morgan fingerprint density at radius 1 is 1.18 bits per heavy atom. The molecule has 1 saturated heterocycles. The first-order chi connectivity index (χ1) is 13.7. The molecule has 28 heavy (non-hydrogen) atoms. The average Bonchev–Trinajstić information content (AvgIpc) is 3.19. The Morgan fingerprint density at radius 3 is 2.79 bits per heavy atom. The highest BCUT2D eigenvalue weighted by Gasteiger charge is 2.35. The van der Waals surface area contributed by atoms with E-state index in [1.165, 1.54) is 37.4 Å². The highest BCUT2D eigenvalue weighted by molar-refractivity contribution is 7.99. The third-order valence-electron chi connectivity index (χ3n) is 5.88. The summed E-state index contributed by atoms with van der Waals surface area (Å²) in [6.45, 7) is 1.47. The van der Waals surface area contributed by atoms with Crippen LogP contribution >= 0.6 is 11.8 Å². The number of carbonyl (C=O) groups excluding carboxylic acids is 1. The molecular formula is C20H27N5O2S. The van der Waals surface area contributed by atoms with Gasteiger partial charge in [0, 0.05) is 12.6 Å². The number of hydrogen-bond donors (Lipinski definition) is 0. The molecular weight excluding hydrogens is 374 g/mol. The molecule has 1 saturated carbocycles. The first kappa shape index (κ1) is 19.2. The molecule has 0 bridgehead atoms. The molecule has 1 aliphatic heterocycles. The lowest BCUT2D eigenvalue weighted by molar-refractivity contribution is -0.134. The number of aromatic nitrogens is 4. The number of benzene rings is 1. The van der Waals surface area contributed by atoms with Crippen molar-refractivity contribution in [3.05, 3.63) is 29.8 Å². The molecule has 2 aromatic rings. The summed E-state index contributed by atoms with van der Waals surface area (Å²) in [5.41, 5.74) is 1.09. The van der Waals surface area contributed by atoms with Crippen molar-refractivity contribution >= 4 is 17.7 Å². The molecule has 0 unspecified atom stereocenters. The number of ether oxygens (including phenoxy) is 1. The molecule has 4 rings (SSSR count). The van der Waals surface area contributed by atoms with E-state index in [0.29, 0.717) is 29.4 Å². The van der Waals surface area contributed by atoms with Crippen LogP contribution in [-0.4, -0.2) is 56.5 Å². The van der Waals surface area contributed by atoms with Gasteiger partial charge in [0.15, 0.2) is 0 Å². The van der Waals surface area contributed by atoms with Crippen LogP contribution in [0.3, 0.4) is 0 Å². The molecule has 8 heteroatoms. The maximum absolute atomic E-state index is 12.9. The number of likely N-dealkylation sites (tertiary alicyclic amines) is 1. The Hall–Kier alpha value is -2.09. The van der Waals surface area contributed by atoms with E-state index < -0.39 is 0 Å². The quantitative estimate of drug-likeness (QED) is 0.693. The fourth-order valence-electron chi connectivity index (χ4n) is 4.45. The van der Waals surface area contributed by atoms with Crippen LogP contribution in [-0.2, 0) is 11.3 Å². The van der Waals surface area contributed by atoms with Gasteiger partial charge in [-0.15, -0.1) is 5.10 Å². The third-order valence-corrected chi connectivity index (χ3v) is 6.82. The standard InChI is InChI=1S/C20H27N5O2S/c1-27-17-10-8-15(9-11-17)13-25-20(21-22-23-25)28-14-19(26)24-12-4-6-16-5-2-3-7-18(16)24/h8-11,16,18H,2-7,12-14H2,1H3/t16-,18+/m1/s1. The normalized spacial score (nSPS) is 22.0. The number of tetrazole rings is 1. The Kier molecular flexibility index (Phi) is 6.14. The maximum atomic E-state index is 12.9. The van der Waals surface area contributed by atoms with Crippen LogP contribution in [0.25, 0.3) is 0 Å². The molecule has 2 atom stereocenters. The zero-order chi connectivity index (χ0) is 19.3. The minimum Gasteiger partial charge on any atom is -0.497 e. The summed E-state index contributed by atoms with van der Waals surface area (Å²) in [5.74, 6) is 2.15. The van der Waals surface area contributed by atoms with Gasteiger partial charge < -0.3 is 9.64 Å². The summed E-state index contributed by atoms with van der Waals surface area (Å²) in [7, 11) is 1.65. The highest BCUT2D eigenvalue weighted by atomic mass is 32.2. The van der Waals surface area contributed by atoms with Crippen LogP contribution in [0.5, 0.6) is 5.75 Å². The molecule has 1 aliphatic carbocycles. The van der Waals surface area contributed by atoms with Crippen molar-refractivity contribution in [2.24, 2.45) is 5.92 Å². The van der Waals surface area contributed by atoms with Gasteiger partial charge in [-0.2, -0.15) is 0 Å². The van der Waals surface area contributed by atoms with Gasteiger partial charge >= 0.3 is 0 Å². The van der Waals surface area contributed by atoms with E-state index in [9.17, 15) is 4.79 Å². The van der Waals surface area contributed by atoms with Crippen molar-refractivity contribution in [3.8, 4) is 5.75 Å². The molecule has 0 N–H and O–H groups in total. The second kappa shape index (κ2) is 8.94. The highest BCUT2D eigenvalue weighted by Crippen LogP contribution is 2.35. The van der Waals surface area contributed by atoms with E-state index in [-0.39, 0.29) is 5.91 Å². The van der Waals surface area contributed by atoms with E-state index in [4.69, 9.17) is 4.74 Å². The minimum atomic E-state index is 0.223. The van der Waals surface area contributed by atoms with E-state index in [2.05, 4.69) is 20.4 Å². The van der Waals surface area contributed by atoms with Crippen molar-refractivity contribution in [2.75, 3.05) is 19.4 Å². The van der Waals surface area contributed by atoms with E-state index in [1.54, 1.807) is 11.8 Å². The number of amides is 1. The summed E-state index contributed by atoms with van der Waals surface area (Å²) < 4.78 is 6.94. The van der Waals surface area contributed by atoms with Crippen molar-refractivity contribution in [1.82, 2.24) is 25.1 Å². The predicted octanol–water partition coefficient (Wildman–Crippen LogP) is 3.00. The first-order valence-electron chi connectivity index (χ1n) is 10.1. The predicted molar refractivity (Wildman–Crippen MR) is 107 cm³/mol. The SMILES string of the molecule is COc1ccc(Cn2nnnc2SCC(=O)N2CCC[C@H]3CCCC[C@@H]32)cc1. The molecule has 2 fully saturated rings. The average molecular weight is 402 g/mol. The molecule has 1 aromatic heterocycles. The fraction of sp³-hybridized carbons (Fsp3) is 0.600. The number of fused-ring (bicyclic) bond motifs is 1. The lowest BCUT2D eigenvalue weighted by atomic mass is 9.78. The summed E-state index contributed by atoms with van der Waals surface area (Å²) in [5, 5.41) is 12.7. The van der Waals surface area contributed by atoms with Gasteiger partial charge in [0.1, 0.15) is 5.75 Å². The van der Waals surface area contributed by atoms with Crippen LogP contribution in [0.4, 0.5) is 0 Å². The fourth-order valence-corrected chi connectivity index (χ4v) is 5.21. The van der Waals surface area contributed by atoms with Crippen molar-refractivity contribution in [1.29, 1.82) is 0 Å². The second-order valence-corrected chi connectivity index (χ2v) is 8.54.